The van der Waals surface area contributed by atoms with Crippen LogP contribution in [0, 0.1) is 0 Å². The summed E-state index contributed by atoms with van der Waals surface area (Å²) in [4.78, 5) is 30.9. The molecule has 0 radical (unpaired) electrons. The van der Waals surface area contributed by atoms with Gasteiger partial charge in [-0.15, -0.1) is 0 Å². The summed E-state index contributed by atoms with van der Waals surface area (Å²) < 4.78 is 0. The highest BCUT2D eigenvalue weighted by atomic mass is 14.9. The summed E-state index contributed by atoms with van der Waals surface area (Å²) in [5.74, 6) is 1.42. The minimum Gasteiger partial charge on any atom is -0.256 e. The lowest BCUT2D eigenvalue weighted by atomic mass is 9.60. The highest BCUT2D eigenvalue weighted by molar-refractivity contribution is 5.90. The van der Waals surface area contributed by atoms with Crippen LogP contribution in [-0.2, 0) is 0 Å². The van der Waals surface area contributed by atoms with Crippen molar-refractivity contribution in [2.45, 2.75) is 11.8 Å². The summed E-state index contributed by atoms with van der Waals surface area (Å²) >= 11 is 0. The summed E-state index contributed by atoms with van der Waals surface area (Å²) in [6.07, 6.45) is 3.68. The van der Waals surface area contributed by atoms with Gasteiger partial charge >= 0.3 is 0 Å². The maximum absolute atomic E-state index is 5.42. The first-order chi connectivity index (χ1) is 39.7. The van der Waals surface area contributed by atoms with Crippen LogP contribution in [0.15, 0.2) is 279 Å². The van der Waals surface area contributed by atoms with E-state index < -0.39 is 0 Å². The van der Waals surface area contributed by atoms with Gasteiger partial charge in [0.25, 0.3) is 0 Å². The maximum atomic E-state index is 5.42. The van der Waals surface area contributed by atoms with Crippen molar-refractivity contribution in [3.8, 4) is 113 Å². The van der Waals surface area contributed by atoms with Gasteiger partial charge in [-0.25, -0.2) is 19.9 Å². The summed E-state index contributed by atoms with van der Waals surface area (Å²) in [6.45, 7) is 0. The van der Waals surface area contributed by atoms with E-state index in [1.165, 1.54) is 33.4 Å². The molecule has 0 saturated carbocycles. The molecule has 0 fully saturated rings. The lowest BCUT2D eigenvalue weighted by Crippen LogP contribution is -2.27. The predicted octanol–water partition coefficient (Wildman–Crippen LogP) is 17.7. The van der Waals surface area contributed by atoms with Gasteiger partial charge in [0.05, 0.1) is 34.2 Å². The normalized spacial score (nSPS) is 13.8. The smallest absolute Gasteiger partial charge is 0.161 e. The minimum absolute atomic E-state index is 0.0435. The summed E-state index contributed by atoms with van der Waals surface area (Å²) in [6, 6.07) is 94.3. The Morgan fingerprint density at radius 2 is 0.550 bits per heavy atom. The molecule has 0 aliphatic heterocycles. The summed E-state index contributed by atoms with van der Waals surface area (Å²) in [5, 5.41) is 0. The average molecular weight is 1020 g/mol. The lowest BCUT2D eigenvalue weighted by molar-refractivity contribution is 0.755. The van der Waals surface area contributed by atoms with Gasteiger partial charge in [-0.05, 0) is 104 Å². The number of hydrogen-bond donors (Lipinski definition) is 0. The molecule has 3 aliphatic rings. The summed E-state index contributed by atoms with van der Waals surface area (Å²) in [5.41, 5.74) is 25.7. The fourth-order valence-corrected chi connectivity index (χ4v) is 12.2. The molecule has 4 aromatic heterocycles. The minimum atomic E-state index is 0.0435. The Morgan fingerprint density at radius 3 is 1.04 bits per heavy atom. The third-order valence-corrected chi connectivity index (χ3v) is 15.9. The van der Waals surface area contributed by atoms with Gasteiger partial charge in [-0.3, -0.25) is 9.97 Å². The number of aromatic nitrogens is 6. The standard InChI is InChI=1S/C74H48N6/c1-3-21-47(22-4-1)67-45-68(56-30-12-10-28-54(56)65-35-17-19-41-75-65)80-74(77-67)62-34-16-8-26-52(62)50-38-40-61-64(44-50)72-59-33-15-14-32-58(59)71(61)63-43-49(37-39-60(63)72)51-25-7-9-27-53(51)69-46-70(79-73(78-69)48-23-5-2-6-24-48)57-31-13-11-29-55(57)66-36-18-20-42-76-66/h1-46,71-72H. The molecule has 16 rings (SSSR count). The third-order valence-electron chi connectivity index (χ3n) is 15.9. The Labute approximate surface area is 464 Å². The second-order valence-corrected chi connectivity index (χ2v) is 20.5. The summed E-state index contributed by atoms with van der Waals surface area (Å²) in [7, 11) is 0. The van der Waals surface area contributed by atoms with Crippen molar-refractivity contribution in [3.05, 3.63) is 313 Å². The number of hydrogen-bond acceptors (Lipinski definition) is 6. The van der Waals surface area contributed by atoms with Gasteiger partial charge < -0.3 is 0 Å². The zero-order valence-electron chi connectivity index (χ0n) is 43.4. The molecular weight excluding hydrogens is 973 g/mol. The molecule has 80 heavy (non-hydrogen) atoms. The molecule has 4 heterocycles. The SMILES string of the molecule is c1ccc(-c2cc(-c3ccccc3-c3ccccn3)nc(-c3ccccc3-c3ccc4c(c3)C3c5ccccc5C4c4cc(-c5ccccc5-c5cc(-c6ccccc6-c6ccccn6)nc(-c6ccccc6)n5)ccc43)n2)cc1. The van der Waals surface area contributed by atoms with Crippen LogP contribution in [0.4, 0.5) is 0 Å². The second-order valence-electron chi connectivity index (χ2n) is 20.5. The fourth-order valence-electron chi connectivity index (χ4n) is 12.2. The largest absolute Gasteiger partial charge is 0.256 e. The van der Waals surface area contributed by atoms with Gasteiger partial charge in [0.2, 0.25) is 0 Å². The van der Waals surface area contributed by atoms with Crippen molar-refractivity contribution < 1.29 is 0 Å². The van der Waals surface area contributed by atoms with Crippen LogP contribution in [0.5, 0.6) is 0 Å². The molecule has 0 amide bonds. The first kappa shape index (κ1) is 46.7. The van der Waals surface area contributed by atoms with Crippen molar-refractivity contribution in [1.29, 1.82) is 0 Å². The van der Waals surface area contributed by atoms with E-state index in [9.17, 15) is 0 Å². The van der Waals surface area contributed by atoms with Crippen molar-refractivity contribution >= 4 is 0 Å². The van der Waals surface area contributed by atoms with E-state index in [4.69, 9.17) is 29.9 Å². The van der Waals surface area contributed by atoms with Gasteiger partial charge in [0.1, 0.15) is 0 Å². The van der Waals surface area contributed by atoms with E-state index in [-0.39, 0.29) is 11.8 Å². The first-order valence-corrected chi connectivity index (χ1v) is 27.2. The molecule has 0 saturated heterocycles. The molecule has 6 heteroatoms. The van der Waals surface area contributed by atoms with E-state index in [0.717, 1.165) is 101 Å². The number of rotatable bonds is 10. The van der Waals surface area contributed by atoms with Crippen molar-refractivity contribution in [3.63, 3.8) is 0 Å². The first-order valence-electron chi connectivity index (χ1n) is 27.2. The molecule has 9 aromatic carbocycles. The molecule has 3 aliphatic carbocycles. The number of nitrogens with zero attached hydrogens (tertiary/aromatic N) is 6. The van der Waals surface area contributed by atoms with E-state index in [1.807, 2.05) is 60.9 Å². The fraction of sp³-hybridized carbons (Fsp3) is 0.0270. The lowest BCUT2D eigenvalue weighted by Gasteiger charge is -2.42. The van der Waals surface area contributed by atoms with Crippen LogP contribution in [0.3, 0.4) is 0 Å². The van der Waals surface area contributed by atoms with E-state index in [1.54, 1.807) is 0 Å². The van der Waals surface area contributed by atoms with E-state index in [0.29, 0.717) is 11.6 Å². The quantitative estimate of drug-likeness (QED) is 0.136. The highest BCUT2D eigenvalue weighted by Gasteiger charge is 2.41. The topological polar surface area (TPSA) is 77.3 Å². The van der Waals surface area contributed by atoms with Gasteiger partial charge in [-0.2, -0.15) is 0 Å². The van der Waals surface area contributed by atoms with Crippen molar-refractivity contribution in [2.75, 3.05) is 0 Å². The third kappa shape index (κ3) is 8.21. The highest BCUT2D eigenvalue weighted by Crippen LogP contribution is 2.57. The van der Waals surface area contributed by atoms with E-state index in [2.05, 4.69) is 218 Å². The Hall–Kier alpha value is -10.6. The maximum Gasteiger partial charge on any atom is 0.161 e. The van der Waals surface area contributed by atoms with Crippen LogP contribution in [0.1, 0.15) is 45.2 Å². The molecule has 0 N–H and O–H groups in total. The Bertz CT molecular complexity index is 4200. The molecule has 2 atom stereocenters. The van der Waals surface area contributed by atoms with Gasteiger partial charge in [0, 0.05) is 68.7 Å². The second kappa shape index (κ2) is 19.8. The molecule has 6 nitrogen and oxygen atoms in total. The predicted molar refractivity (Wildman–Crippen MR) is 322 cm³/mol. The Kier molecular flexibility index (Phi) is 11.6. The average Bonchev–Trinajstić information content (AvgIpc) is 3.64. The monoisotopic (exact) mass is 1020 g/mol. The molecule has 2 bridgehead atoms. The zero-order chi connectivity index (χ0) is 52.9. The molecule has 13 aromatic rings. The van der Waals surface area contributed by atoms with Crippen LogP contribution < -0.4 is 0 Å². The van der Waals surface area contributed by atoms with Crippen molar-refractivity contribution in [1.82, 2.24) is 29.9 Å². The molecule has 0 spiro atoms. The van der Waals surface area contributed by atoms with Crippen LogP contribution in [0.2, 0.25) is 0 Å². The number of pyridine rings is 2. The Morgan fingerprint density at radius 1 is 0.200 bits per heavy atom. The van der Waals surface area contributed by atoms with Crippen LogP contribution >= 0.6 is 0 Å². The van der Waals surface area contributed by atoms with E-state index >= 15 is 0 Å². The van der Waals surface area contributed by atoms with Crippen LogP contribution in [-0.4, -0.2) is 29.9 Å². The van der Waals surface area contributed by atoms with Crippen molar-refractivity contribution in [2.24, 2.45) is 0 Å². The van der Waals surface area contributed by atoms with Gasteiger partial charge in [0.15, 0.2) is 11.6 Å². The Balaban J connectivity index is 0.836. The number of benzene rings is 9. The van der Waals surface area contributed by atoms with Crippen LogP contribution in [0.25, 0.3) is 113 Å². The molecule has 2 unspecified atom stereocenters. The molecular formula is C74H48N6. The molecule has 374 valence electrons. The zero-order valence-corrected chi connectivity index (χ0v) is 43.4. The van der Waals surface area contributed by atoms with Gasteiger partial charge in [-0.1, -0.05) is 218 Å².